The molecule has 22 heavy (non-hydrogen) atoms. The summed E-state index contributed by atoms with van der Waals surface area (Å²) in [5, 5.41) is 4.29. The molecule has 1 amide bonds. The van der Waals surface area contributed by atoms with E-state index in [-0.39, 0.29) is 11.9 Å². The Morgan fingerprint density at radius 1 is 1.50 bits per heavy atom. The van der Waals surface area contributed by atoms with Crippen LogP contribution in [0, 0.1) is 0 Å². The number of amides is 1. The Hall–Kier alpha value is -2.57. The lowest BCUT2D eigenvalue weighted by atomic mass is 10.0. The van der Waals surface area contributed by atoms with Crippen molar-refractivity contribution in [2.75, 3.05) is 6.54 Å². The molecule has 1 aliphatic rings. The van der Waals surface area contributed by atoms with Crippen molar-refractivity contribution in [1.82, 2.24) is 19.5 Å². The molecule has 3 aromatic rings. The van der Waals surface area contributed by atoms with Gasteiger partial charge in [-0.3, -0.25) is 4.79 Å². The normalized spacial score (nSPS) is 17.7. The third-order valence-electron chi connectivity index (χ3n) is 4.09. The number of rotatable bonds is 1. The molecule has 1 atom stereocenters. The van der Waals surface area contributed by atoms with Gasteiger partial charge in [0.25, 0.3) is 5.91 Å². The van der Waals surface area contributed by atoms with Gasteiger partial charge in [-0.15, -0.1) is 0 Å². The van der Waals surface area contributed by atoms with Gasteiger partial charge in [0.15, 0.2) is 11.3 Å². The van der Waals surface area contributed by atoms with Gasteiger partial charge in [-0.05, 0) is 13.0 Å². The maximum absolute atomic E-state index is 12.8. The van der Waals surface area contributed by atoms with Crippen molar-refractivity contribution in [2.45, 2.75) is 19.4 Å². The Morgan fingerprint density at radius 3 is 3.23 bits per heavy atom. The zero-order chi connectivity index (χ0) is 15.3. The molecular weight excluding hydrogens is 279 g/mol. The minimum atomic E-state index is -0.108. The van der Waals surface area contributed by atoms with E-state index in [0.29, 0.717) is 23.3 Å². The van der Waals surface area contributed by atoms with Gasteiger partial charge < -0.3 is 9.32 Å². The first kappa shape index (κ1) is 13.1. The SMILES string of the molecule is [B]c1cnc2cc(C(=O)N3CCc4occc4C3C)nn2c1. The molecule has 1 aliphatic heterocycles. The van der Waals surface area contributed by atoms with Crippen LogP contribution >= 0.6 is 0 Å². The number of carbonyl (C=O) groups is 1. The van der Waals surface area contributed by atoms with Gasteiger partial charge in [-0.1, -0.05) is 5.46 Å². The monoisotopic (exact) mass is 292 g/mol. The molecule has 0 saturated heterocycles. The fourth-order valence-corrected chi connectivity index (χ4v) is 2.93. The zero-order valence-electron chi connectivity index (χ0n) is 12.1. The number of hydrogen-bond acceptors (Lipinski definition) is 4. The molecule has 7 heteroatoms. The quantitative estimate of drug-likeness (QED) is 0.624. The van der Waals surface area contributed by atoms with Crippen molar-refractivity contribution in [3.8, 4) is 0 Å². The molecule has 0 fully saturated rings. The summed E-state index contributed by atoms with van der Waals surface area (Å²) in [4.78, 5) is 18.7. The highest BCUT2D eigenvalue weighted by atomic mass is 16.3. The van der Waals surface area contributed by atoms with Crippen LogP contribution < -0.4 is 5.46 Å². The van der Waals surface area contributed by atoms with Crippen LogP contribution in [0.25, 0.3) is 5.65 Å². The van der Waals surface area contributed by atoms with Crippen LogP contribution in [0.2, 0.25) is 0 Å². The Morgan fingerprint density at radius 2 is 2.36 bits per heavy atom. The highest BCUT2D eigenvalue weighted by Gasteiger charge is 2.31. The highest BCUT2D eigenvalue weighted by molar-refractivity contribution is 6.31. The molecule has 108 valence electrons. The summed E-state index contributed by atoms with van der Waals surface area (Å²) in [6.07, 6.45) is 5.59. The van der Waals surface area contributed by atoms with Gasteiger partial charge in [0.1, 0.15) is 13.6 Å². The van der Waals surface area contributed by atoms with Gasteiger partial charge in [-0.2, -0.15) is 5.10 Å². The molecule has 0 spiro atoms. The molecule has 0 N–H and O–H groups in total. The smallest absolute Gasteiger partial charge is 0.274 e. The summed E-state index contributed by atoms with van der Waals surface area (Å²) >= 11 is 0. The van der Waals surface area contributed by atoms with Crippen LogP contribution in [0.1, 0.15) is 34.8 Å². The molecule has 0 bridgehead atoms. The predicted molar refractivity (Wildman–Crippen MR) is 80.2 cm³/mol. The van der Waals surface area contributed by atoms with Gasteiger partial charge in [0.2, 0.25) is 0 Å². The number of carbonyl (C=O) groups excluding carboxylic acids is 1. The topological polar surface area (TPSA) is 63.6 Å². The van der Waals surface area contributed by atoms with Crippen LogP contribution in [0.15, 0.2) is 35.2 Å². The number of aromatic nitrogens is 3. The first-order valence-corrected chi connectivity index (χ1v) is 7.11. The fraction of sp³-hybridized carbons (Fsp3) is 0.267. The summed E-state index contributed by atoms with van der Waals surface area (Å²) in [5.74, 6) is 0.851. The summed E-state index contributed by atoms with van der Waals surface area (Å²) in [6, 6.07) is 3.57. The minimum absolute atomic E-state index is 0.0298. The summed E-state index contributed by atoms with van der Waals surface area (Å²) in [7, 11) is 5.69. The maximum atomic E-state index is 12.8. The van der Waals surface area contributed by atoms with E-state index in [1.165, 1.54) is 4.52 Å². The Labute approximate surface area is 128 Å². The molecule has 0 saturated carbocycles. The van der Waals surface area contributed by atoms with Crippen molar-refractivity contribution >= 4 is 24.9 Å². The first-order chi connectivity index (χ1) is 10.6. The van der Waals surface area contributed by atoms with Crippen LogP contribution in [0.4, 0.5) is 0 Å². The van der Waals surface area contributed by atoms with Crippen LogP contribution in [0.5, 0.6) is 0 Å². The number of fused-ring (bicyclic) bond motifs is 2. The molecule has 0 aliphatic carbocycles. The average molecular weight is 292 g/mol. The third kappa shape index (κ3) is 1.93. The van der Waals surface area contributed by atoms with Crippen LogP contribution in [0.3, 0.4) is 0 Å². The van der Waals surface area contributed by atoms with Crippen molar-refractivity contribution in [1.29, 1.82) is 0 Å². The molecule has 6 nitrogen and oxygen atoms in total. The molecule has 3 aromatic heterocycles. The van der Waals surface area contributed by atoms with E-state index in [1.54, 1.807) is 24.7 Å². The lowest BCUT2D eigenvalue weighted by Gasteiger charge is -2.32. The lowest BCUT2D eigenvalue weighted by molar-refractivity contribution is 0.0664. The molecule has 0 aromatic carbocycles. The molecule has 4 heterocycles. The van der Waals surface area contributed by atoms with Gasteiger partial charge in [-0.25, -0.2) is 9.50 Å². The van der Waals surface area contributed by atoms with E-state index in [2.05, 4.69) is 10.1 Å². The van der Waals surface area contributed by atoms with Crippen molar-refractivity contribution < 1.29 is 9.21 Å². The van der Waals surface area contributed by atoms with Gasteiger partial charge in [0.05, 0.1) is 12.3 Å². The van der Waals surface area contributed by atoms with Gasteiger partial charge >= 0.3 is 0 Å². The molecular formula is C15H13BN4O2. The second kappa shape index (κ2) is 4.73. The summed E-state index contributed by atoms with van der Waals surface area (Å²) in [6.45, 7) is 2.61. The largest absolute Gasteiger partial charge is 0.469 e. The van der Waals surface area contributed by atoms with Crippen LogP contribution in [-0.2, 0) is 6.42 Å². The summed E-state index contributed by atoms with van der Waals surface area (Å²) < 4.78 is 6.97. The lowest BCUT2D eigenvalue weighted by Crippen LogP contribution is -2.38. The van der Waals surface area contributed by atoms with E-state index >= 15 is 0 Å². The van der Waals surface area contributed by atoms with E-state index in [4.69, 9.17) is 12.3 Å². The van der Waals surface area contributed by atoms with Gasteiger partial charge in [0, 0.05) is 37.0 Å². The van der Waals surface area contributed by atoms with E-state index in [0.717, 1.165) is 17.7 Å². The standard InChI is InChI=1S/C15H13BN4O2/c1-9-11-3-5-22-13(11)2-4-19(9)15(21)12-6-14-17-7-10(16)8-20(14)18-12/h3,5-9H,2,4H2,1H3. The van der Waals surface area contributed by atoms with Crippen molar-refractivity contribution in [3.63, 3.8) is 0 Å². The Kier molecular flexibility index (Phi) is 2.82. The minimum Gasteiger partial charge on any atom is -0.469 e. The predicted octanol–water partition coefficient (Wildman–Crippen LogP) is 0.876. The van der Waals surface area contributed by atoms with E-state index < -0.39 is 0 Å². The second-order valence-corrected chi connectivity index (χ2v) is 5.44. The number of nitrogens with zero attached hydrogens (tertiary/aromatic N) is 4. The van der Waals surface area contributed by atoms with Crippen LogP contribution in [-0.4, -0.2) is 39.8 Å². The summed E-state index contributed by atoms with van der Waals surface area (Å²) in [5.41, 5.74) is 2.54. The first-order valence-electron chi connectivity index (χ1n) is 7.11. The van der Waals surface area contributed by atoms with E-state index in [9.17, 15) is 4.79 Å². The molecule has 2 radical (unpaired) electrons. The maximum Gasteiger partial charge on any atom is 0.274 e. The zero-order valence-corrected chi connectivity index (χ0v) is 12.1. The fourth-order valence-electron chi connectivity index (χ4n) is 2.93. The Balaban J connectivity index is 1.68. The molecule has 1 unspecified atom stereocenters. The number of hydrogen-bond donors (Lipinski definition) is 0. The van der Waals surface area contributed by atoms with Crippen molar-refractivity contribution in [3.05, 3.63) is 47.8 Å². The molecule has 4 rings (SSSR count). The Bertz CT molecular complexity index is 869. The second-order valence-electron chi connectivity index (χ2n) is 5.44. The third-order valence-corrected chi connectivity index (χ3v) is 4.09. The highest BCUT2D eigenvalue weighted by Crippen LogP contribution is 2.31. The average Bonchev–Trinajstić information content (AvgIpc) is 3.12. The number of furan rings is 1. The van der Waals surface area contributed by atoms with Crippen molar-refractivity contribution in [2.24, 2.45) is 0 Å². The van der Waals surface area contributed by atoms with E-state index in [1.807, 2.05) is 17.9 Å².